The van der Waals surface area contributed by atoms with Crippen molar-refractivity contribution in [2.24, 2.45) is 0 Å². The predicted octanol–water partition coefficient (Wildman–Crippen LogP) is 2.99. The van der Waals surface area contributed by atoms with Crippen LogP contribution in [0.2, 0.25) is 0 Å². The van der Waals surface area contributed by atoms with Crippen LogP contribution in [0.4, 0.5) is 0 Å². The third-order valence-corrected chi connectivity index (χ3v) is 4.18. The van der Waals surface area contributed by atoms with Crippen LogP contribution in [-0.2, 0) is 4.79 Å². The van der Waals surface area contributed by atoms with Gasteiger partial charge in [0.25, 0.3) is 0 Å². The predicted molar refractivity (Wildman–Crippen MR) is 88.0 cm³/mol. The van der Waals surface area contributed by atoms with Crippen LogP contribution in [0.15, 0.2) is 24.3 Å². The molecule has 1 heterocycles. The van der Waals surface area contributed by atoms with Gasteiger partial charge in [0.05, 0.1) is 18.6 Å². The molecule has 0 saturated carbocycles. The molecule has 0 aromatic heterocycles. The van der Waals surface area contributed by atoms with E-state index < -0.39 is 5.97 Å². The van der Waals surface area contributed by atoms with Gasteiger partial charge in [-0.05, 0) is 37.9 Å². The molecule has 0 amide bonds. The first-order valence-electron chi connectivity index (χ1n) is 8.32. The van der Waals surface area contributed by atoms with Gasteiger partial charge in [-0.15, -0.1) is 0 Å². The van der Waals surface area contributed by atoms with Gasteiger partial charge in [0.2, 0.25) is 0 Å². The second kappa shape index (κ2) is 8.67. The Morgan fingerprint density at radius 3 is 2.87 bits per heavy atom. The highest BCUT2D eigenvalue weighted by Crippen LogP contribution is 2.23. The molecule has 23 heavy (non-hydrogen) atoms. The summed E-state index contributed by atoms with van der Waals surface area (Å²) in [5, 5.41) is 8.96. The van der Waals surface area contributed by atoms with Gasteiger partial charge < -0.3 is 9.84 Å². The first-order chi connectivity index (χ1) is 11.1. The number of hydrogen-bond donors (Lipinski definition) is 1. The molecule has 1 saturated heterocycles. The number of hydrogen-bond acceptors (Lipinski definition) is 4. The zero-order chi connectivity index (χ0) is 16.7. The number of carbonyl (C=O) groups is 2. The van der Waals surface area contributed by atoms with Gasteiger partial charge in [0.15, 0.2) is 5.78 Å². The number of carboxylic acid groups (broad SMARTS) is 1. The fourth-order valence-corrected chi connectivity index (χ4v) is 3.04. The van der Waals surface area contributed by atoms with Gasteiger partial charge in [-0.25, -0.2) is 0 Å². The summed E-state index contributed by atoms with van der Waals surface area (Å²) in [7, 11) is 0. The lowest BCUT2D eigenvalue weighted by Crippen LogP contribution is -2.33. The van der Waals surface area contributed by atoms with E-state index in [0.29, 0.717) is 30.9 Å². The summed E-state index contributed by atoms with van der Waals surface area (Å²) >= 11 is 0. The SMILES string of the molecule is CCCOc1ccccc1C(=O)CCN1CCCC1CC(=O)O. The minimum absolute atomic E-state index is 0.0534. The third-order valence-electron chi connectivity index (χ3n) is 4.18. The highest BCUT2D eigenvalue weighted by molar-refractivity contribution is 5.98. The Bertz CT molecular complexity index is 544. The van der Waals surface area contributed by atoms with Gasteiger partial charge in [-0.1, -0.05) is 19.1 Å². The van der Waals surface area contributed by atoms with E-state index in [2.05, 4.69) is 4.90 Å². The number of rotatable bonds is 9. The van der Waals surface area contributed by atoms with Gasteiger partial charge in [-0.3, -0.25) is 14.5 Å². The van der Waals surface area contributed by atoms with E-state index in [1.165, 1.54) is 0 Å². The van der Waals surface area contributed by atoms with Crippen molar-refractivity contribution in [2.45, 2.75) is 45.1 Å². The fraction of sp³-hybridized carbons (Fsp3) is 0.556. The van der Waals surface area contributed by atoms with E-state index in [4.69, 9.17) is 9.84 Å². The van der Waals surface area contributed by atoms with E-state index in [9.17, 15) is 9.59 Å². The Morgan fingerprint density at radius 2 is 2.13 bits per heavy atom. The number of para-hydroxylation sites is 1. The summed E-state index contributed by atoms with van der Waals surface area (Å²) in [5.41, 5.74) is 0.620. The minimum Gasteiger partial charge on any atom is -0.493 e. The lowest BCUT2D eigenvalue weighted by atomic mass is 10.1. The van der Waals surface area contributed by atoms with E-state index in [-0.39, 0.29) is 18.2 Å². The molecule has 0 radical (unpaired) electrons. The Balaban J connectivity index is 1.93. The molecule has 1 aromatic rings. The highest BCUT2D eigenvalue weighted by atomic mass is 16.5. The van der Waals surface area contributed by atoms with Crippen molar-refractivity contribution < 1.29 is 19.4 Å². The van der Waals surface area contributed by atoms with E-state index in [1.54, 1.807) is 6.07 Å². The van der Waals surface area contributed by atoms with Gasteiger partial charge >= 0.3 is 5.97 Å². The number of likely N-dealkylation sites (tertiary alicyclic amines) is 1. The van der Waals surface area contributed by atoms with Crippen molar-refractivity contribution in [3.05, 3.63) is 29.8 Å². The number of Topliss-reactive ketones (excluding diaryl/α,β-unsaturated/α-hetero) is 1. The molecule has 0 bridgehead atoms. The minimum atomic E-state index is -0.772. The van der Waals surface area contributed by atoms with Crippen molar-refractivity contribution in [3.63, 3.8) is 0 Å². The van der Waals surface area contributed by atoms with Crippen molar-refractivity contribution >= 4 is 11.8 Å². The summed E-state index contributed by atoms with van der Waals surface area (Å²) in [4.78, 5) is 25.5. The molecule has 5 heteroatoms. The molecule has 0 aliphatic carbocycles. The smallest absolute Gasteiger partial charge is 0.304 e. The molecular weight excluding hydrogens is 294 g/mol. The molecule has 1 N–H and O–H groups in total. The first kappa shape index (κ1) is 17.5. The average Bonchev–Trinajstić information content (AvgIpc) is 2.97. The van der Waals surface area contributed by atoms with E-state index >= 15 is 0 Å². The van der Waals surface area contributed by atoms with Crippen LogP contribution < -0.4 is 4.74 Å². The number of carboxylic acids is 1. The number of carbonyl (C=O) groups excluding carboxylic acids is 1. The molecule has 0 spiro atoms. The van der Waals surface area contributed by atoms with Crippen LogP contribution in [0.5, 0.6) is 5.75 Å². The largest absolute Gasteiger partial charge is 0.493 e. The normalized spacial score (nSPS) is 18.0. The molecule has 1 aliphatic rings. The second-order valence-corrected chi connectivity index (χ2v) is 5.95. The van der Waals surface area contributed by atoms with Crippen LogP contribution in [0, 0.1) is 0 Å². The second-order valence-electron chi connectivity index (χ2n) is 5.95. The maximum atomic E-state index is 12.5. The molecular formula is C18H25NO4. The number of ether oxygens (including phenoxy) is 1. The van der Waals surface area contributed by atoms with Crippen molar-refractivity contribution in [2.75, 3.05) is 19.7 Å². The van der Waals surface area contributed by atoms with E-state index in [1.807, 2.05) is 25.1 Å². The summed E-state index contributed by atoms with van der Waals surface area (Å²) in [6.07, 6.45) is 3.35. The lowest BCUT2D eigenvalue weighted by molar-refractivity contribution is -0.138. The molecule has 1 unspecified atom stereocenters. The Kier molecular flexibility index (Phi) is 6.59. The number of nitrogens with zero attached hydrogens (tertiary/aromatic N) is 1. The summed E-state index contributed by atoms with van der Waals surface area (Å²) < 4.78 is 5.64. The topological polar surface area (TPSA) is 66.8 Å². The number of benzene rings is 1. The molecule has 1 fully saturated rings. The summed E-state index contributed by atoms with van der Waals surface area (Å²) in [5.74, 6) is -0.0768. The van der Waals surface area contributed by atoms with Gasteiger partial charge in [0.1, 0.15) is 5.75 Å². The molecule has 1 aliphatic heterocycles. The van der Waals surface area contributed by atoms with Crippen LogP contribution in [0.3, 0.4) is 0 Å². The zero-order valence-electron chi connectivity index (χ0n) is 13.7. The monoisotopic (exact) mass is 319 g/mol. The van der Waals surface area contributed by atoms with Crippen molar-refractivity contribution in [3.8, 4) is 5.75 Å². The highest BCUT2D eigenvalue weighted by Gasteiger charge is 2.27. The Morgan fingerprint density at radius 1 is 1.35 bits per heavy atom. The maximum absolute atomic E-state index is 12.5. The first-order valence-corrected chi connectivity index (χ1v) is 8.32. The molecule has 126 valence electrons. The Hall–Kier alpha value is -1.88. The van der Waals surface area contributed by atoms with Crippen molar-refractivity contribution in [1.82, 2.24) is 4.90 Å². The average molecular weight is 319 g/mol. The van der Waals surface area contributed by atoms with Crippen LogP contribution >= 0.6 is 0 Å². The molecule has 2 rings (SSSR count). The number of ketones is 1. The summed E-state index contributed by atoms with van der Waals surface area (Å²) in [6.45, 7) is 4.11. The molecule has 1 aromatic carbocycles. The lowest BCUT2D eigenvalue weighted by Gasteiger charge is -2.22. The van der Waals surface area contributed by atoms with Gasteiger partial charge in [0, 0.05) is 19.0 Å². The summed E-state index contributed by atoms with van der Waals surface area (Å²) in [6, 6.07) is 7.39. The molecule has 5 nitrogen and oxygen atoms in total. The quantitative estimate of drug-likeness (QED) is 0.709. The van der Waals surface area contributed by atoms with Crippen LogP contribution in [-0.4, -0.2) is 47.5 Å². The maximum Gasteiger partial charge on any atom is 0.304 e. The third kappa shape index (κ3) is 5.06. The standard InChI is InChI=1S/C18H25NO4/c1-2-12-23-17-8-4-3-7-15(17)16(20)9-11-19-10-5-6-14(19)13-18(21)22/h3-4,7-8,14H,2,5-6,9-13H2,1H3,(H,21,22). The number of aliphatic carboxylic acids is 1. The van der Waals surface area contributed by atoms with Crippen LogP contribution in [0.25, 0.3) is 0 Å². The van der Waals surface area contributed by atoms with Crippen LogP contribution in [0.1, 0.15) is 49.4 Å². The van der Waals surface area contributed by atoms with E-state index in [0.717, 1.165) is 25.8 Å². The molecule has 1 atom stereocenters. The zero-order valence-corrected chi connectivity index (χ0v) is 13.7. The Labute approximate surface area is 137 Å². The van der Waals surface area contributed by atoms with Gasteiger partial charge in [-0.2, -0.15) is 0 Å². The van der Waals surface area contributed by atoms with Crippen molar-refractivity contribution in [1.29, 1.82) is 0 Å². The fourth-order valence-electron chi connectivity index (χ4n) is 3.04.